The molecule has 1 aromatic carbocycles. The Morgan fingerprint density at radius 3 is 2.23 bits per heavy atom. The van der Waals surface area contributed by atoms with Crippen molar-refractivity contribution in [1.82, 2.24) is 0 Å². The molecule has 0 aromatic heterocycles. The monoisotopic (exact) mass is 306 g/mol. The highest BCUT2D eigenvalue weighted by atomic mass is 16.5. The number of carbonyl (C=O) groups is 1. The molecule has 22 heavy (non-hydrogen) atoms. The van der Waals surface area contributed by atoms with Crippen LogP contribution < -0.4 is 9.47 Å². The molecule has 0 aliphatic rings. The fourth-order valence-electron chi connectivity index (χ4n) is 2.20. The molecule has 0 N–H and O–H groups in total. The lowest BCUT2D eigenvalue weighted by Crippen LogP contribution is -2.31. The predicted octanol–water partition coefficient (Wildman–Crippen LogP) is 5.38. The van der Waals surface area contributed by atoms with Gasteiger partial charge in [-0.25, -0.2) is 0 Å². The smallest absolute Gasteiger partial charge is 0.317 e. The molecule has 1 rings (SSSR count). The second kappa shape index (κ2) is 7.66. The average Bonchev–Trinajstić information content (AvgIpc) is 2.47. The highest BCUT2D eigenvalue weighted by Gasteiger charge is 2.32. The Bertz CT molecular complexity index is 493. The van der Waals surface area contributed by atoms with E-state index >= 15 is 0 Å². The highest BCUT2D eigenvalue weighted by Crippen LogP contribution is 2.31. The zero-order chi connectivity index (χ0) is 16.8. The maximum atomic E-state index is 12.4. The number of hydrogen-bond acceptors (Lipinski definition) is 3. The van der Waals surface area contributed by atoms with Crippen molar-refractivity contribution in [2.75, 3.05) is 0 Å². The first-order chi connectivity index (χ1) is 10.3. The summed E-state index contributed by atoms with van der Waals surface area (Å²) in [5.41, 5.74) is -0.656. The van der Waals surface area contributed by atoms with Gasteiger partial charge in [0.2, 0.25) is 0 Å². The molecule has 0 radical (unpaired) electrons. The summed E-state index contributed by atoms with van der Waals surface area (Å²) in [5.74, 6) is 1.11. The molecular weight excluding hydrogens is 276 g/mol. The van der Waals surface area contributed by atoms with Crippen molar-refractivity contribution in [1.29, 1.82) is 0 Å². The van der Waals surface area contributed by atoms with Gasteiger partial charge in [0.15, 0.2) is 0 Å². The fourth-order valence-corrected chi connectivity index (χ4v) is 2.20. The van der Waals surface area contributed by atoms with Crippen molar-refractivity contribution in [2.24, 2.45) is 5.41 Å². The van der Waals surface area contributed by atoms with Crippen molar-refractivity contribution >= 4 is 5.97 Å². The maximum Gasteiger partial charge on any atom is 0.317 e. The van der Waals surface area contributed by atoms with Gasteiger partial charge in [-0.1, -0.05) is 33.3 Å². The summed E-state index contributed by atoms with van der Waals surface area (Å²) in [4.78, 5) is 12.4. The van der Waals surface area contributed by atoms with Crippen molar-refractivity contribution in [3.05, 3.63) is 24.3 Å². The van der Waals surface area contributed by atoms with Crippen LogP contribution in [0.1, 0.15) is 67.2 Å². The molecule has 0 aliphatic carbocycles. The van der Waals surface area contributed by atoms with Gasteiger partial charge in [-0.3, -0.25) is 4.79 Å². The number of benzene rings is 1. The van der Waals surface area contributed by atoms with Crippen molar-refractivity contribution in [3.8, 4) is 11.5 Å². The van der Waals surface area contributed by atoms with E-state index in [0.29, 0.717) is 5.75 Å². The van der Waals surface area contributed by atoms with Gasteiger partial charge in [0.05, 0.1) is 5.41 Å². The minimum absolute atomic E-state index is 0.163. The molecule has 3 nitrogen and oxygen atoms in total. The van der Waals surface area contributed by atoms with Gasteiger partial charge in [-0.15, -0.1) is 0 Å². The summed E-state index contributed by atoms with van der Waals surface area (Å²) in [6, 6.07) is 7.33. The predicted molar refractivity (Wildman–Crippen MR) is 90.4 cm³/mol. The second-order valence-corrected chi connectivity index (χ2v) is 6.74. The van der Waals surface area contributed by atoms with Crippen molar-refractivity contribution in [3.63, 3.8) is 0 Å². The third-order valence-electron chi connectivity index (χ3n) is 4.34. The summed E-state index contributed by atoms with van der Waals surface area (Å²) in [5, 5.41) is 0. The van der Waals surface area contributed by atoms with E-state index in [-0.39, 0.29) is 11.6 Å². The molecule has 0 spiro atoms. The molecule has 0 aliphatic heterocycles. The van der Waals surface area contributed by atoms with Crippen LogP contribution in [0.15, 0.2) is 24.3 Å². The molecule has 1 unspecified atom stereocenters. The van der Waals surface area contributed by atoms with Crippen LogP contribution in [0.3, 0.4) is 0 Å². The second-order valence-electron chi connectivity index (χ2n) is 6.74. The van der Waals surface area contributed by atoms with Crippen LogP contribution >= 0.6 is 0 Å². The van der Waals surface area contributed by atoms with E-state index in [4.69, 9.17) is 9.47 Å². The Balaban J connectivity index is 2.84. The topological polar surface area (TPSA) is 35.5 Å². The summed E-state index contributed by atoms with van der Waals surface area (Å²) in [6.45, 7) is 12.3. The molecule has 0 saturated heterocycles. The lowest BCUT2D eigenvalue weighted by molar-refractivity contribution is -0.145. The first-order valence-electron chi connectivity index (χ1n) is 8.27. The molecule has 3 heteroatoms. The van der Waals surface area contributed by atoms with Crippen LogP contribution in [-0.4, -0.2) is 11.6 Å². The van der Waals surface area contributed by atoms with E-state index in [0.717, 1.165) is 31.4 Å². The normalized spacial score (nSPS) is 14.3. The minimum Gasteiger partial charge on any atom is -0.488 e. The number of esters is 1. The Morgan fingerprint density at radius 1 is 1.05 bits per heavy atom. The fraction of sp³-hybridized carbons (Fsp3) is 0.632. The van der Waals surface area contributed by atoms with Gasteiger partial charge in [-0.2, -0.15) is 0 Å². The first kappa shape index (κ1) is 18.5. The van der Waals surface area contributed by atoms with Gasteiger partial charge >= 0.3 is 5.97 Å². The molecule has 0 bridgehead atoms. The van der Waals surface area contributed by atoms with Crippen LogP contribution in [0.5, 0.6) is 11.5 Å². The summed E-state index contributed by atoms with van der Waals surface area (Å²) >= 11 is 0. The molecule has 124 valence electrons. The molecule has 0 amide bonds. The highest BCUT2D eigenvalue weighted by molar-refractivity contribution is 5.78. The SMILES string of the molecule is CCCC(C)(CC)C(=O)Oc1cccc(OC(C)(C)CC)c1. The van der Waals surface area contributed by atoms with E-state index in [1.165, 1.54) is 0 Å². The lowest BCUT2D eigenvalue weighted by Gasteiger charge is -2.26. The number of hydrogen-bond donors (Lipinski definition) is 0. The van der Waals surface area contributed by atoms with Crippen LogP contribution in [0.2, 0.25) is 0 Å². The molecule has 0 fully saturated rings. The number of ether oxygens (including phenoxy) is 2. The van der Waals surface area contributed by atoms with E-state index in [2.05, 4.69) is 13.8 Å². The zero-order valence-electron chi connectivity index (χ0n) is 14.9. The lowest BCUT2D eigenvalue weighted by atomic mass is 9.83. The molecule has 1 atom stereocenters. The van der Waals surface area contributed by atoms with E-state index in [1.807, 2.05) is 39.8 Å². The van der Waals surface area contributed by atoms with Crippen LogP contribution in [-0.2, 0) is 4.79 Å². The first-order valence-corrected chi connectivity index (χ1v) is 8.27. The molecule has 0 heterocycles. The van der Waals surface area contributed by atoms with Crippen molar-refractivity contribution in [2.45, 2.75) is 72.8 Å². The summed E-state index contributed by atoms with van der Waals surface area (Å²) in [6.07, 6.45) is 3.48. The Kier molecular flexibility index (Phi) is 6.46. The van der Waals surface area contributed by atoms with Gasteiger partial charge < -0.3 is 9.47 Å². The van der Waals surface area contributed by atoms with Gasteiger partial charge in [0.25, 0.3) is 0 Å². The van der Waals surface area contributed by atoms with Crippen LogP contribution in [0.25, 0.3) is 0 Å². The maximum absolute atomic E-state index is 12.4. The largest absolute Gasteiger partial charge is 0.488 e. The van der Waals surface area contributed by atoms with Crippen molar-refractivity contribution < 1.29 is 14.3 Å². The zero-order valence-corrected chi connectivity index (χ0v) is 14.9. The Labute approximate surface area is 135 Å². The van der Waals surface area contributed by atoms with Gasteiger partial charge in [-0.05, 0) is 52.2 Å². The van der Waals surface area contributed by atoms with Crippen LogP contribution in [0.4, 0.5) is 0 Å². The minimum atomic E-state index is -0.422. The Hall–Kier alpha value is -1.51. The quantitative estimate of drug-likeness (QED) is 0.478. The standard InChI is InChI=1S/C19H30O3/c1-7-13-19(6,9-3)17(20)21-15-11-10-12-16(14-15)22-18(4,5)8-2/h10-12,14H,7-9,13H2,1-6H3. The van der Waals surface area contributed by atoms with Gasteiger partial charge in [0, 0.05) is 6.07 Å². The van der Waals surface area contributed by atoms with E-state index < -0.39 is 5.41 Å². The average molecular weight is 306 g/mol. The molecular formula is C19H30O3. The third-order valence-corrected chi connectivity index (χ3v) is 4.34. The molecule has 1 aromatic rings. The van der Waals surface area contributed by atoms with Crippen LogP contribution in [0, 0.1) is 5.41 Å². The van der Waals surface area contributed by atoms with E-state index in [1.54, 1.807) is 12.1 Å². The van der Waals surface area contributed by atoms with E-state index in [9.17, 15) is 4.79 Å². The van der Waals surface area contributed by atoms with Gasteiger partial charge in [0.1, 0.15) is 17.1 Å². The molecule has 0 saturated carbocycles. The Morgan fingerprint density at radius 2 is 1.68 bits per heavy atom. The number of carbonyl (C=O) groups excluding carboxylic acids is 1. The third kappa shape index (κ3) is 5.04. The summed E-state index contributed by atoms with van der Waals surface area (Å²) < 4.78 is 11.5. The summed E-state index contributed by atoms with van der Waals surface area (Å²) in [7, 11) is 0. The number of rotatable bonds is 8.